The predicted octanol–water partition coefficient (Wildman–Crippen LogP) is 4.38. The zero-order valence-electron chi connectivity index (χ0n) is 20.3. The Bertz CT molecular complexity index is 1550. The summed E-state index contributed by atoms with van der Waals surface area (Å²) in [6.45, 7) is -0.0167. The first-order valence-corrected chi connectivity index (χ1v) is 12.0. The van der Waals surface area contributed by atoms with E-state index in [0.29, 0.717) is 10.6 Å². The van der Waals surface area contributed by atoms with Crippen molar-refractivity contribution in [1.82, 2.24) is 23.9 Å². The molecule has 9 nitrogen and oxygen atoms in total. The van der Waals surface area contributed by atoms with E-state index in [1.165, 1.54) is 44.5 Å². The number of aromatic nitrogens is 5. The number of aliphatic hydroxyl groups excluding tert-OH is 2. The van der Waals surface area contributed by atoms with Crippen molar-refractivity contribution in [2.24, 2.45) is 0 Å². The van der Waals surface area contributed by atoms with Crippen molar-refractivity contribution in [1.29, 1.82) is 0 Å². The summed E-state index contributed by atoms with van der Waals surface area (Å²) in [5.74, 6) is -0.742. The van der Waals surface area contributed by atoms with Gasteiger partial charge in [0.05, 0.1) is 30.9 Å². The highest BCUT2D eigenvalue weighted by Gasteiger charge is 2.39. The number of rotatable bonds is 8. The maximum absolute atomic E-state index is 14.2. The van der Waals surface area contributed by atoms with Crippen molar-refractivity contribution in [3.05, 3.63) is 80.6 Å². The number of ether oxygens (including phenoxy) is 1. The van der Waals surface area contributed by atoms with Crippen LogP contribution in [0.15, 0.2) is 47.4 Å². The van der Waals surface area contributed by atoms with Crippen molar-refractivity contribution in [3.8, 4) is 22.7 Å². The summed E-state index contributed by atoms with van der Waals surface area (Å²) >= 11 is 12.0. The molecule has 4 rings (SSSR count). The molecule has 0 spiro atoms. The van der Waals surface area contributed by atoms with Crippen LogP contribution in [0, 0.1) is 5.82 Å². The summed E-state index contributed by atoms with van der Waals surface area (Å²) in [6.07, 6.45) is -7.68. The number of methoxy groups -OCH3 is 1. The van der Waals surface area contributed by atoms with Crippen LogP contribution in [0.2, 0.25) is 10.0 Å². The number of nitrogens with zero attached hydrogens (tertiary/aromatic N) is 5. The molecule has 2 atom stereocenters. The smallest absolute Gasteiger partial charge is 0.416 e. The molecule has 0 fully saturated rings. The zero-order valence-corrected chi connectivity index (χ0v) is 21.8. The second-order valence-electron chi connectivity index (χ2n) is 8.51. The van der Waals surface area contributed by atoms with Crippen molar-refractivity contribution < 1.29 is 32.5 Å². The van der Waals surface area contributed by atoms with Crippen LogP contribution in [-0.2, 0) is 13.1 Å². The lowest BCUT2D eigenvalue weighted by molar-refractivity contribution is -0.207. The number of benzene rings is 2. The van der Waals surface area contributed by atoms with Crippen molar-refractivity contribution in [2.75, 3.05) is 7.11 Å². The van der Waals surface area contributed by atoms with E-state index in [2.05, 4.69) is 10.1 Å². The highest BCUT2D eigenvalue weighted by atomic mass is 35.5. The van der Waals surface area contributed by atoms with E-state index in [0.717, 1.165) is 25.9 Å². The fourth-order valence-corrected chi connectivity index (χ4v) is 4.29. The third kappa shape index (κ3) is 5.96. The Labute approximate surface area is 228 Å². The van der Waals surface area contributed by atoms with Crippen LogP contribution in [0.3, 0.4) is 0 Å². The van der Waals surface area contributed by atoms with Crippen molar-refractivity contribution in [2.45, 2.75) is 38.4 Å². The highest BCUT2D eigenvalue weighted by molar-refractivity contribution is 6.32. The van der Waals surface area contributed by atoms with E-state index < -0.39 is 36.4 Å². The van der Waals surface area contributed by atoms with E-state index in [4.69, 9.17) is 27.9 Å². The van der Waals surface area contributed by atoms with E-state index in [-0.39, 0.29) is 40.3 Å². The minimum absolute atomic E-state index is 0.0252. The summed E-state index contributed by atoms with van der Waals surface area (Å²) < 4.78 is 61.7. The molecule has 0 saturated heterocycles. The first-order chi connectivity index (χ1) is 18.3. The van der Waals surface area contributed by atoms with Gasteiger partial charge in [0.1, 0.15) is 17.6 Å². The summed E-state index contributed by atoms with van der Waals surface area (Å²) in [6, 6.07) is 8.11. The molecule has 39 heavy (non-hydrogen) atoms. The van der Waals surface area contributed by atoms with Gasteiger partial charge in [-0.1, -0.05) is 35.3 Å². The van der Waals surface area contributed by atoms with E-state index in [1.807, 2.05) is 0 Å². The Hall–Kier alpha value is -3.39. The molecule has 2 N–H and O–H groups in total. The third-order valence-electron chi connectivity index (χ3n) is 5.70. The number of alkyl halides is 3. The van der Waals surface area contributed by atoms with Gasteiger partial charge in [0.15, 0.2) is 23.5 Å². The van der Waals surface area contributed by atoms with Crippen LogP contribution in [0.25, 0.3) is 16.9 Å². The molecule has 0 amide bonds. The van der Waals surface area contributed by atoms with Crippen LogP contribution in [0.1, 0.15) is 24.7 Å². The number of aliphatic hydroxyl groups is 2. The topological polar surface area (TPSA) is 107 Å². The SMILES string of the molecule is COc1c(Cl)cc(F)cc1-n1nc(Cn2cc(-c3ccc(Cl)cc3)n(CC(O)C(F)(F)F)c2=O)nc1C(C)O. The molecule has 15 heteroatoms. The molecule has 2 aromatic carbocycles. The quantitative estimate of drug-likeness (QED) is 0.295. The fraction of sp³-hybridized carbons (Fsp3) is 0.292. The first-order valence-electron chi connectivity index (χ1n) is 11.3. The second kappa shape index (κ2) is 11.0. The molecule has 208 valence electrons. The predicted molar refractivity (Wildman–Crippen MR) is 134 cm³/mol. The van der Waals surface area contributed by atoms with E-state index in [1.54, 1.807) is 0 Å². The Morgan fingerprint density at radius 2 is 1.79 bits per heavy atom. The minimum Gasteiger partial charge on any atom is -0.493 e. The largest absolute Gasteiger partial charge is 0.493 e. The molecule has 2 heterocycles. The molecule has 2 aromatic heterocycles. The molecule has 0 radical (unpaired) electrons. The van der Waals surface area contributed by atoms with Gasteiger partial charge >= 0.3 is 11.9 Å². The summed E-state index contributed by atoms with van der Waals surface area (Å²) in [7, 11) is 1.30. The van der Waals surface area contributed by atoms with Crippen LogP contribution < -0.4 is 10.4 Å². The van der Waals surface area contributed by atoms with E-state index >= 15 is 0 Å². The molecular weight excluding hydrogens is 569 g/mol. The summed E-state index contributed by atoms with van der Waals surface area (Å²) in [4.78, 5) is 17.5. The second-order valence-corrected chi connectivity index (χ2v) is 9.36. The summed E-state index contributed by atoms with van der Waals surface area (Å²) in [5.41, 5.74) is -0.414. The third-order valence-corrected chi connectivity index (χ3v) is 6.23. The molecule has 0 saturated carbocycles. The lowest BCUT2D eigenvalue weighted by atomic mass is 10.1. The van der Waals surface area contributed by atoms with Crippen LogP contribution in [0.4, 0.5) is 17.6 Å². The molecule has 0 bridgehead atoms. The Morgan fingerprint density at radius 3 is 2.38 bits per heavy atom. The summed E-state index contributed by atoms with van der Waals surface area (Å²) in [5, 5.41) is 24.5. The van der Waals surface area contributed by atoms with Crippen LogP contribution in [-0.4, -0.2) is 53.5 Å². The maximum atomic E-state index is 14.2. The van der Waals surface area contributed by atoms with Crippen molar-refractivity contribution in [3.63, 3.8) is 0 Å². The molecule has 0 aliphatic heterocycles. The molecule has 2 unspecified atom stereocenters. The van der Waals surface area contributed by atoms with Crippen LogP contribution >= 0.6 is 23.2 Å². The fourth-order valence-electron chi connectivity index (χ4n) is 3.89. The molecular formula is C24H21Cl2F4N5O4. The maximum Gasteiger partial charge on any atom is 0.416 e. The number of hydrogen-bond acceptors (Lipinski definition) is 6. The average Bonchev–Trinajstić information content (AvgIpc) is 3.41. The number of imidazole rings is 1. The standard InChI is InChI=1S/C24H21Cl2F4N5O4/c1-12(36)22-31-20(32-35(22)17-8-15(27)7-16(26)21(17)39-2)11-33-9-18(13-3-5-14(25)6-4-13)34(23(33)38)10-19(37)24(28,29)30/h3-9,12,19,36-37H,10-11H2,1-2H3. The zero-order chi connectivity index (χ0) is 28.6. The van der Waals surface area contributed by atoms with Gasteiger partial charge in [-0.25, -0.2) is 18.9 Å². The monoisotopic (exact) mass is 589 g/mol. The van der Waals surface area contributed by atoms with Gasteiger partial charge in [0.25, 0.3) is 0 Å². The minimum atomic E-state index is -4.96. The first kappa shape index (κ1) is 28.6. The van der Waals surface area contributed by atoms with E-state index in [9.17, 15) is 32.6 Å². The van der Waals surface area contributed by atoms with Gasteiger partial charge < -0.3 is 14.9 Å². The number of halogens is 6. The van der Waals surface area contributed by atoms with Gasteiger partial charge in [-0.05, 0) is 30.7 Å². The van der Waals surface area contributed by atoms with Gasteiger partial charge in [0, 0.05) is 17.3 Å². The lowest BCUT2D eigenvalue weighted by Gasteiger charge is -2.16. The number of hydrogen-bond donors (Lipinski definition) is 2. The highest BCUT2D eigenvalue weighted by Crippen LogP contribution is 2.34. The Morgan fingerprint density at radius 1 is 1.13 bits per heavy atom. The molecule has 0 aliphatic rings. The van der Waals surface area contributed by atoms with Crippen molar-refractivity contribution >= 4 is 23.2 Å². The Balaban J connectivity index is 1.81. The van der Waals surface area contributed by atoms with Gasteiger partial charge in [-0.15, -0.1) is 5.10 Å². The lowest BCUT2D eigenvalue weighted by Crippen LogP contribution is -2.37. The molecule has 0 aliphatic carbocycles. The average molecular weight is 590 g/mol. The molecule has 4 aromatic rings. The van der Waals surface area contributed by atoms with Crippen LogP contribution in [0.5, 0.6) is 5.75 Å². The van der Waals surface area contributed by atoms with Gasteiger partial charge in [-0.2, -0.15) is 13.2 Å². The normalized spacial score (nSPS) is 13.5. The van der Waals surface area contributed by atoms with Gasteiger partial charge in [0.2, 0.25) is 0 Å². The Kier molecular flexibility index (Phi) is 8.07. The van der Waals surface area contributed by atoms with Gasteiger partial charge in [-0.3, -0.25) is 9.13 Å².